The predicted molar refractivity (Wildman–Crippen MR) is 155 cm³/mol. The van der Waals surface area contributed by atoms with Crippen LogP contribution in [0.4, 0.5) is 9.59 Å². The third kappa shape index (κ3) is 5.93. The van der Waals surface area contributed by atoms with Gasteiger partial charge in [0.25, 0.3) is 0 Å². The predicted octanol–water partition coefficient (Wildman–Crippen LogP) is 4.85. The molecule has 3 amide bonds. The van der Waals surface area contributed by atoms with Gasteiger partial charge in [-0.05, 0) is 52.9 Å². The van der Waals surface area contributed by atoms with Crippen LogP contribution in [0.15, 0.2) is 48.5 Å². The summed E-state index contributed by atoms with van der Waals surface area (Å²) >= 11 is 1.93. The third-order valence-corrected chi connectivity index (χ3v) is 9.15. The first-order valence-corrected chi connectivity index (χ1v) is 14.6. The molecule has 0 aliphatic carbocycles. The molecule has 0 unspecified atom stereocenters. The van der Waals surface area contributed by atoms with Gasteiger partial charge in [0.05, 0.1) is 32.8 Å². The Kier molecular flexibility index (Phi) is 8.16. The number of aryl methyl sites for hydroxylation is 2. The minimum Gasteiger partial charge on any atom is -0.497 e. The molecule has 206 valence electrons. The van der Waals surface area contributed by atoms with Crippen LogP contribution in [-0.4, -0.2) is 56.0 Å². The van der Waals surface area contributed by atoms with E-state index < -0.39 is 0 Å². The van der Waals surface area contributed by atoms with Gasteiger partial charge in [0.1, 0.15) is 5.75 Å². The van der Waals surface area contributed by atoms with Gasteiger partial charge in [-0.25, -0.2) is 9.59 Å². The number of hydrogen-bond donors (Lipinski definition) is 2. The number of unbranched alkanes of at least 4 members (excludes halogenated alkanes) is 2. The highest BCUT2D eigenvalue weighted by molar-refractivity contribution is 8.00. The molecule has 2 aromatic carbocycles. The molecule has 39 heavy (non-hydrogen) atoms. The summed E-state index contributed by atoms with van der Waals surface area (Å²) in [5.74, 6) is 1.82. The number of fused-ring (bicyclic) bond motifs is 2. The summed E-state index contributed by atoms with van der Waals surface area (Å²) in [6.45, 7) is 4.39. The van der Waals surface area contributed by atoms with Crippen molar-refractivity contribution in [2.45, 2.75) is 56.9 Å². The monoisotopic (exact) mass is 549 g/mol. The molecule has 1 aromatic heterocycles. The zero-order valence-corrected chi connectivity index (χ0v) is 23.8. The maximum Gasteiger partial charge on any atom is 0.463 e. The lowest BCUT2D eigenvalue weighted by Crippen LogP contribution is -2.62. The van der Waals surface area contributed by atoms with Crippen LogP contribution in [0.5, 0.6) is 5.75 Å². The molecule has 9 heteroatoms. The quantitative estimate of drug-likeness (QED) is 0.227. The summed E-state index contributed by atoms with van der Waals surface area (Å²) < 4.78 is 12.8. The second kappa shape index (κ2) is 11.7. The van der Waals surface area contributed by atoms with Crippen molar-refractivity contribution < 1.29 is 23.7 Å². The van der Waals surface area contributed by atoms with Crippen LogP contribution < -0.4 is 25.1 Å². The highest BCUT2D eigenvalue weighted by Crippen LogP contribution is 2.33. The summed E-state index contributed by atoms with van der Waals surface area (Å²) in [7, 11) is 3.42. The maximum absolute atomic E-state index is 12.8. The first kappa shape index (κ1) is 27.1. The minimum atomic E-state index is -0.368. The van der Waals surface area contributed by atoms with Crippen molar-refractivity contribution in [2.75, 3.05) is 31.5 Å². The van der Waals surface area contributed by atoms with Gasteiger partial charge in [0.2, 0.25) is 11.4 Å². The van der Waals surface area contributed by atoms with Crippen LogP contribution in [-0.2, 0) is 4.74 Å². The first-order chi connectivity index (χ1) is 18.8. The third-order valence-electron chi connectivity index (χ3n) is 7.64. The number of nitrogens with zero attached hydrogens (tertiary/aromatic N) is 2. The van der Waals surface area contributed by atoms with Crippen LogP contribution in [0.25, 0.3) is 21.9 Å². The van der Waals surface area contributed by atoms with E-state index in [1.807, 2.05) is 42.4 Å². The zero-order chi connectivity index (χ0) is 27.5. The Balaban J connectivity index is 1.13. The molecule has 2 aliphatic rings. The van der Waals surface area contributed by atoms with Gasteiger partial charge in [-0.1, -0.05) is 40.7 Å². The maximum atomic E-state index is 12.8. The molecule has 2 N–H and O–H groups in total. The van der Waals surface area contributed by atoms with E-state index in [-0.39, 0.29) is 24.2 Å². The summed E-state index contributed by atoms with van der Waals surface area (Å²) in [4.78, 5) is 24.4. The lowest BCUT2D eigenvalue weighted by Gasteiger charge is -2.17. The lowest BCUT2D eigenvalue weighted by molar-refractivity contribution is -0.692. The Morgan fingerprint density at radius 1 is 1.00 bits per heavy atom. The van der Waals surface area contributed by atoms with Gasteiger partial charge in [0, 0.05) is 37.0 Å². The van der Waals surface area contributed by atoms with Crippen LogP contribution >= 0.6 is 11.8 Å². The SMILES string of the molecule is COc1ccc2cc(-c3cc(C)[n+](N(C)C(=O)OCCCCC[C@H]4SC[C@H]5NC(=O)N[C@H]54)c(C)c3)ccc2c1. The Morgan fingerprint density at radius 3 is 2.51 bits per heavy atom. The highest BCUT2D eigenvalue weighted by atomic mass is 32.2. The molecule has 8 nitrogen and oxygen atoms in total. The van der Waals surface area contributed by atoms with Crippen LogP contribution in [0.1, 0.15) is 37.1 Å². The number of nitrogens with one attached hydrogen (secondary N) is 2. The number of thioether (sulfide) groups is 1. The molecule has 3 heterocycles. The number of pyridine rings is 1. The number of ether oxygens (including phenoxy) is 2. The molecule has 0 radical (unpaired) electrons. The highest BCUT2D eigenvalue weighted by Gasteiger charge is 2.42. The van der Waals surface area contributed by atoms with E-state index >= 15 is 0 Å². The van der Waals surface area contributed by atoms with Crippen molar-refractivity contribution in [3.05, 3.63) is 59.9 Å². The average molecular weight is 550 g/mol. The van der Waals surface area contributed by atoms with Crippen LogP contribution in [0.3, 0.4) is 0 Å². The van der Waals surface area contributed by atoms with Gasteiger partial charge >= 0.3 is 12.1 Å². The fourth-order valence-electron chi connectivity index (χ4n) is 5.66. The van der Waals surface area contributed by atoms with E-state index in [9.17, 15) is 9.59 Å². The van der Waals surface area contributed by atoms with Crippen molar-refractivity contribution in [3.8, 4) is 16.9 Å². The first-order valence-electron chi connectivity index (χ1n) is 13.5. The molecular weight excluding hydrogens is 512 g/mol. The van der Waals surface area contributed by atoms with Gasteiger partial charge in [-0.2, -0.15) is 11.8 Å². The standard InChI is InChI=1S/C30H36N4O4S/c1-19-14-24(22-9-10-23-17-25(37-4)12-11-21(23)16-22)15-20(2)34(19)33(3)30(36)38-13-7-5-6-8-27-28-26(18-39-27)31-29(35)32-28/h9-12,14-17,26-28H,5-8,13,18H2,1-4H3,(H-,31,32,35)/p+1/t26-,27-,28-/m1/s1. The number of hydrogen-bond acceptors (Lipinski definition) is 5. The van der Waals surface area contributed by atoms with E-state index in [2.05, 4.69) is 47.0 Å². The molecule has 2 fully saturated rings. The van der Waals surface area contributed by atoms with Gasteiger partial charge in [-0.15, -0.1) is 0 Å². The van der Waals surface area contributed by atoms with Crippen molar-refractivity contribution >= 4 is 34.7 Å². The molecule has 0 saturated carbocycles. The molecule has 3 atom stereocenters. The topological polar surface area (TPSA) is 83.8 Å². The van der Waals surface area contributed by atoms with Gasteiger partial charge in [-0.3, -0.25) is 0 Å². The summed E-state index contributed by atoms with van der Waals surface area (Å²) in [5, 5.41) is 10.3. The summed E-state index contributed by atoms with van der Waals surface area (Å²) in [6, 6.07) is 17.1. The Labute approximate surface area is 234 Å². The number of amides is 3. The minimum absolute atomic E-state index is 0.0422. The van der Waals surface area contributed by atoms with Crippen molar-refractivity contribution in [3.63, 3.8) is 0 Å². The van der Waals surface area contributed by atoms with Crippen LogP contribution in [0.2, 0.25) is 0 Å². The Morgan fingerprint density at radius 2 is 1.74 bits per heavy atom. The van der Waals surface area contributed by atoms with Crippen LogP contribution in [0, 0.1) is 13.8 Å². The summed E-state index contributed by atoms with van der Waals surface area (Å²) in [6.07, 6.45) is 3.57. The second-order valence-corrected chi connectivity index (χ2v) is 11.6. The smallest absolute Gasteiger partial charge is 0.463 e. The molecule has 2 aliphatic heterocycles. The number of rotatable bonds is 9. The van der Waals surface area contributed by atoms with Gasteiger partial charge < -0.3 is 20.1 Å². The van der Waals surface area contributed by atoms with Crippen molar-refractivity contribution in [1.29, 1.82) is 0 Å². The molecular formula is C30H37N4O4S+. The number of urea groups is 1. The number of benzene rings is 2. The number of aromatic nitrogens is 1. The molecule has 5 rings (SSSR count). The van der Waals surface area contributed by atoms with E-state index in [1.165, 1.54) is 5.01 Å². The number of carbonyl (C=O) groups is 2. The average Bonchev–Trinajstić information content (AvgIpc) is 3.48. The van der Waals surface area contributed by atoms with Crippen molar-refractivity contribution in [1.82, 2.24) is 10.6 Å². The van der Waals surface area contributed by atoms with Crippen molar-refractivity contribution in [2.24, 2.45) is 0 Å². The molecule has 3 aromatic rings. The fraction of sp³-hybridized carbons (Fsp3) is 0.433. The van der Waals surface area contributed by atoms with E-state index in [0.717, 1.165) is 70.5 Å². The number of carbonyl (C=O) groups excluding carboxylic acids is 2. The second-order valence-electron chi connectivity index (χ2n) is 10.4. The molecule has 0 spiro atoms. The van der Waals surface area contributed by atoms with E-state index in [4.69, 9.17) is 9.47 Å². The Hall–Kier alpha value is -3.46. The zero-order valence-electron chi connectivity index (χ0n) is 23.0. The van der Waals surface area contributed by atoms with E-state index in [1.54, 1.807) is 14.2 Å². The fourth-order valence-corrected chi connectivity index (χ4v) is 7.21. The van der Waals surface area contributed by atoms with Gasteiger partial charge in [0.15, 0.2) is 0 Å². The molecule has 0 bridgehead atoms. The number of methoxy groups -OCH3 is 1. The van der Waals surface area contributed by atoms with E-state index in [0.29, 0.717) is 11.9 Å². The lowest BCUT2D eigenvalue weighted by atomic mass is 10.0. The largest absolute Gasteiger partial charge is 0.497 e. The Bertz CT molecular complexity index is 1360. The molecule has 2 saturated heterocycles. The normalized spacial score (nSPS) is 19.9. The summed E-state index contributed by atoms with van der Waals surface area (Å²) in [5.41, 5.74) is 4.11.